The Balaban J connectivity index is 1.70. The van der Waals surface area contributed by atoms with Crippen LogP contribution in [0.25, 0.3) is 0 Å². The molecule has 0 radical (unpaired) electrons. The van der Waals surface area contributed by atoms with E-state index in [1.54, 1.807) is 36.6 Å². The zero-order chi connectivity index (χ0) is 22.8. The quantitative estimate of drug-likeness (QED) is 0.258. The van der Waals surface area contributed by atoms with E-state index in [2.05, 4.69) is 31.0 Å². The van der Waals surface area contributed by atoms with Crippen molar-refractivity contribution in [2.75, 3.05) is 16.8 Å². The van der Waals surface area contributed by atoms with Gasteiger partial charge in [-0.2, -0.15) is 0 Å². The molecule has 1 amide bonds. The highest BCUT2D eigenvalue weighted by atomic mass is 32.2. The largest absolute Gasteiger partial charge is 0.389 e. The van der Waals surface area contributed by atoms with Crippen LogP contribution >= 0.6 is 23.5 Å². The summed E-state index contributed by atoms with van der Waals surface area (Å²) in [6.07, 6.45) is 0. The first-order valence-electron chi connectivity index (χ1n) is 10.1. The topological polar surface area (TPSA) is 107 Å². The van der Waals surface area contributed by atoms with E-state index in [9.17, 15) is 4.79 Å². The fraction of sp³-hybridized carbons (Fsp3) is 0.333. The summed E-state index contributed by atoms with van der Waals surface area (Å²) in [4.78, 5) is 22.6. The number of carbonyl (C=O) groups excluding carboxylic acids is 1. The number of aryl methyl sites for hydroxylation is 1. The molecule has 3 aromatic rings. The second kappa shape index (κ2) is 12.2. The summed E-state index contributed by atoms with van der Waals surface area (Å²) in [5, 5.41) is 18.8. The van der Waals surface area contributed by atoms with Crippen LogP contribution < -0.4 is 5.32 Å². The Morgan fingerprint density at radius 2 is 1.88 bits per heavy atom. The third-order valence-electron chi connectivity index (χ3n) is 4.16. The lowest BCUT2D eigenvalue weighted by Crippen LogP contribution is -2.23. The molecule has 0 aliphatic carbocycles. The van der Waals surface area contributed by atoms with E-state index in [1.165, 1.54) is 4.68 Å². The van der Waals surface area contributed by atoms with Crippen LogP contribution in [0.1, 0.15) is 30.9 Å². The van der Waals surface area contributed by atoms with Gasteiger partial charge in [0.25, 0.3) is 0 Å². The van der Waals surface area contributed by atoms with Crippen molar-refractivity contribution in [3.8, 4) is 0 Å². The van der Waals surface area contributed by atoms with Crippen LogP contribution in [0.2, 0.25) is 0 Å². The highest BCUT2D eigenvalue weighted by Crippen LogP contribution is 2.24. The molecule has 3 rings (SSSR count). The Kier molecular flexibility index (Phi) is 9.05. The number of rotatable bonds is 11. The highest BCUT2D eigenvalue weighted by Gasteiger charge is 2.19. The number of nitrogens with zero attached hydrogens (tertiary/aromatic N) is 6. The van der Waals surface area contributed by atoms with Gasteiger partial charge in [-0.05, 0) is 34.1 Å². The summed E-state index contributed by atoms with van der Waals surface area (Å²) in [5.74, 6) is 2.65. The fourth-order valence-electron chi connectivity index (χ4n) is 2.73. The molecule has 168 valence electrons. The SMILES string of the molecule is CCSC(SCC)C(=O)Nc1cccc(CON=C(c2ccccc2)c2nnnn2C)n1. The minimum Gasteiger partial charge on any atom is -0.389 e. The second-order valence-electron chi connectivity index (χ2n) is 6.45. The molecular weight excluding hydrogens is 446 g/mol. The number of nitrogens with one attached hydrogen (secondary N) is 1. The van der Waals surface area contributed by atoms with Crippen LogP contribution in [0.4, 0.5) is 5.82 Å². The van der Waals surface area contributed by atoms with E-state index in [1.807, 2.05) is 56.3 Å². The Hall–Kier alpha value is -2.92. The molecule has 2 aromatic heterocycles. The van der Waals surface area contributed by atoms with E-state index in [0.29, 0.717) is 23.0 Å². The van der Waals surface area contributed by atoms with Crippen LogP contribution in [0.15, 0.2) is 53.7 Å². The Morgan fingerprint density at radius 3 is 2.53 bits per heavy atom. The summed E-state index contributed by atoms with van der Waals surface area (Å²) in [7, 11) is 1.74. The lowest BCUT2D eigenvalue weighted by molar-refractivity contribution is -0.114. The zero-order valence-corrected chi connectivity index (χ0v) is 19.8. The van der Waals surface area contributed by atoms with E-state index in [-0.39, 0.29) is 17.1 Å². The molecule has 0 aliphatic rings. The molecule has 0 atom stereocenters. The normalized spacial score (nSPS) is 11.6. The average molecular weight is 472 g/mol. The molecule has 1 N–H and O–H groups in total. The predicted molar refractivity (Wildman–Crippen MR) is 129 cm³/mol. The summed E-state index contributed by atoms with van der Waals surface area (Å²) >= 11 is 3.22. The summed E-state index contributed by atoms with van der Waals surface area (Å²) < 4.78 is 1.37. The maximum atomic E-state index is 12.6. The zero-order valence-electron chi connectivity index (χ0n) is 18.1. The minimum atomic E-state index is -0.162. The molecule has 2 heterocycles. The lowest BCUT2D eigenvalue weighted by Gasteiger charge is -2.14. The third kappa shape index (κ3) is 6.54. The first-order chi connectivity index (χ1) is 15.6. The van der Waals surface area contributed by atoms with E-state index >= 15 is 0 Å². The van der Waals surface area contributed by atoms with Crippen LogP contribution in [0.3, 0.4) is 0 Å². The molecule has 0 spiro atoms. The molecule has 11 heteroatoms. The molecule has 0 bridgehead atoms. The maximum Gasteiger partial charge on any atom is 0.248 e. The molecule has 0 unspecified atom stereocenters. The van der Waals surface area contributed by atoms with Gasteiger partial charge >= 0.3 is 0 Å². The van der Waals surface area contributed by atoms with Crippen LogP contribution in [0, 0.1) is 0 Å². The van der Waals surface area contributed by atoms with Crippen molar-refractivity contribution in [2.45, 2.75) is 25.0 Å². The van der Waals surface area contributed by atoms with Gasteiger partial charge in [0.05, 0.1) is 5.69 Å². The average Bonchev–Trinajstić information content (AvgIpc) is 3.23. The van der Waals surface area contributed by atoms with Crippen molar-refractivity contribution >= 4 is 41.0 Å². The molecular formula is C21H25N7O2S2. The van der Waals surface area contributed by atoms with Gasteiger partial charge in [-0.25, -0.2) is 9.67 Å². The van der Waals surface area contributed by atoms with Crippen molar-refractivity contribution in [3.63, 3.8) is 0 Å². The number of anilines is 1. The first kappa shape index (κ1) is 23.7. The van der Waals surface area contributed by atoms with Crippen LogP contribution in [-0.4, -0.2) is 52.9 Å². The smallest absolute Gasteiger partial charge is 0.248 e. The molecule has 32 heavy (non-hydrogen) atoms. The van der Waals surface area contributed by atoms with Gasteiger partial charge in [0.15, 0.2) is 12.3 Å². The molecule has 1 aromatic carbocycles. The van der Waals surface area contributed by atoms with Crippen molar-refractivity contribution in [1.82, 2.24) is 25.2 Å². The van der Waals surface area contributed by atoms with Gasteiger partial charge < -0.3 is 10.2 Å². The summed E-state index contributed by atoms with van der Waals surface area (Å²) in [6.45, 7) is 4.21. The van der Waals surface area contributed by atoms with Crippen molar-refractivity contribution in [1.29, 1.82) is 0 Å². The number of carbonyl (C=O) groups is 1. The van der Waals surface area contributed by atoms with Gasteiger partial charge in [0.1, 0.15) is 10.4 Å². The number of hydrogen-bond acceptors (Lipinski definition) is 9. The number of hydrogen-bond donors (Lipinski definition) is 1. The second-order valence-corrected chi connectivity index (χ2v) is 9.51. The molecule has 0 saturated heterocycles. The molecule has 0 aliphatic heterocycles. The Morgan fingerprint density at radius 1 is 1.12 bits per heavy atom. The molecule has 9 nitrogen and oxygen atoms in total. The van der Waals surface area contributed by atoms with Crippen molar-refractivity contribution < 1.29 is 9.63 Å². The first-order valence-corrected chi connectivity index (χ1v) is 12.2. The standard InChI is InChI=1S/C21H25N7O2S2/c1-4-31-21(32-5-2)20(29)23-17-13-9-12-16(22-17)14-30-25-18(15-10-7-6-8-11-15)19-24-26-27-28(19)3/h6-13,21H,4-5,14H2,1-3H3,(H,22,23,29). The van der Waals surface area contributed by atoms with Crippen molar-refractivity contribution in [3.05, 3.63) is 65.6 Å². The van der Waals surface area contributed by atoms with E-state index in [4.69, 9.17) is 4.84 Å². The number of amides is 1. The van der Waals surface area contributed by atoms with Gasteiger partial charge in [-0.15, -0.1) is 28.6 Å². The number of thioether (sulfide) groups is 2. The van der Waals surface area contributed by atoms with Gasteiger partial charge in [0.2, 0.25) is 11.7 Å². The van der Waals surface area contributed by atoms with Crippen LogP contribution in [-0.2, 0) is 23.3 Å². The van der Waals surface area contributed by atoms with E-state index in [0.717, 1.165) is 17.1 Å². The monoisotopic (exact) mass is 471 g/mol. The highest BCUT2D eigenvalue weighted by molar-refractivity contribution is 8.18. The van der Waals surface area contributed by atoms with E-state index < -0.39 is 0 Å². The lowest BCUT2D eigenvalue weighted by atomic mass is 10.1. The minimum absolute atomic E-state index is 0.0616. The Bertz CT molecular complexity index is 1040. The van der Waals surface area contributed by atoms with Gasteiger partial charge in [-0.1, -0.05) is 55.4 Å². The van der Waals surface area contributed by atoms with Gasteiger partial charge in [0, 0.05) is 12.6 Å². The third-order valence-corrected chi connectivity index (χ3v) is 6.67. The maximum absolute atomic E-state index is 12.6. The predicted octanol–water partition coefficient (Wildman–Crippen LogP) is 3.35. The molecule has 0 fully saturated rings. The number of pyridine rings is 1. The number of oxime groups is 1. The molecule has 0 saturated carbocycles. The van der Waals surface area contributed by atoms with Crippen LogP contribution in [0.5, 0.6) is 0 Å². The number of benzene rings is 1. The summed E-state index contributed by atoms with van der Waals surface area (Å²) in [5.41, 5.74) is 1.98. The fourth-order valence-corrected chi connectivity index (χ4v) is 4.96. The Labute approximate surface area is 195 Å². The summed E-state index contributed by atoms with van der Waals surface area (Å²) in [6, 6.07) is 14.9. The van der Waals surface area contributed by atoms with Crippen molar-refractivity contribution in [2.24, 2.45) is 12.2 Å². The number of aromatic nitrogens is 5. The number of tetrazole rings is 1. The van der Waals surface area contributed by atoms with Gasteiger partial charge in [-0.3, -0.25) is 4.79 Å².